The van der Waals surface area contributed by atoms with Crippen molar-refractivity contribution in [3.05, 3.63) is 32.4 Å². The second-order valence-electron chi connectivity index (χ2n) is 2.50. The normalized spacial score (nSPS) is 9.50. The average molecular weight is 292 g/mol. The van der Waals surface area contributed by atoms with Crippen molar-refractivity contribution in [1.82, 2.24) is 0 Å². The molecule has 0 amide bonds. The Bertz CT molecular complexity index is 318. The number of rotatable bonds is 1. The van der Waals surface area contributed by atoms with Gasteiger partial charge in [0.05, 0.1) is 11.6 Å². The SMILES string of the molecule is Cc1cc(C#N)cc(I)c1CCl. The molecule has 0 unspecified atom stereocenters. The number of alkyl halides is 1. The number of benzene rings is 1. The fourth-order valence-corrected chi connectivity index (χ4v) is 2.54. The van der Waals surface area contributed by atoms with E-state index in [0.717, 1.165) is 14.7 Å². The van der Waals surface area contributed by atoms with E-state index in [4.69, 9.17) is 16.9 Å². The van der Waals surface area contributed by atoms with E-state index in [1.807, 2.05) is 19.1 Å². The van der Waals surface area contributed by atoms with Crippen molar-refractivity contribution in [3.63, 3.8) is 0 Å². The predicted octanol–water partition coefficient (Wildman–Crippen LogP) is 3.21. The van der Waals surface area contributed by atoms with Crippen LogP contribution in [0.15, 0.2) is 12.1 Å². The monoisotopic (exact) mass is 291 g/mol. The van der Waals surface area contributed by atoms with Crippen LogP contribution < -0.4 is 0 Å². The van der Waals surface area contributed by atoms with E-state index in [1.165, 1.54) is 0 Å². The molecule has 1 nitrogen and oxygen atoms in total. The van der Waals surface area contributed by atoms with E-state index in [1.54, 1.807) is 0 Å². The highest BCUT2D eigenvalue weighted by atomic mass is 127. The van der Waals surface area contributed by atoms with Crippen molar-refractivity contribution in [2.24, 2.45) is 0 Å². The third kappa shape index (κ3) is 1.90. The lowest BCUT2D eigenvalue weighted by atomic mass is 10.1. The molecule has 0 saturated carbocycles. The molecular weight excluding hydrogens is 284 g/mol. The minimum atomic E-state index is 0.510. The van der Waals surface area contributed by atoms with Gasteiger partial charge in [-0.15, -0.1) is 11.6 Å². The van der Waals surface area contributed by atoms with Crippen molar-refractivity contribution in [2.75, 3.05) is 0 Å². The summed E-state index contributed by atoms with van der Waals surface area (Å²) in [7, 11) is 0. The van der Waals surface area contributed by atoms with Gasteiger partial charge in [0.25, 0.3) is 0 Å². The first-order valence-electron chi connectivity index (χ1n) is 3.44. The van der Waals surface area contributed by atoms with Crippen molar-refractivity contribution >= 4 is 34.2 Å². The first-order valence-corrected chi connectivity index (χ1v) is 5.05. The van der Waals surface area contributed by atoms with Gasteiger partial charge in [0.2, 0.25) is 0 Å². The van der Waals surface area contributed by atoms with Crippen molar-refractivity contribution in [1.29, 1.82) is 5.26 Å². The smallest absolute Gasteiger partial charge is 0.0992 e. The highest BCUT2D eigenvalue weighted by molar-refractivity contribution is 14.1. The molecular formula is C9H7ClIN. The molecule has 12 heavy (non-hydrogen) atoms. The number of nitrogens with zero attached hydrogens (tertiary/aromatic N) is 1. The first-order chi connectivity index (χ1) is 5.69. The van der Waals surface area contributed by atoms with Crippen LogP contribution in [0.3, 0.4) is 0 Å². The van der Waals surface area contributed by atoms with Gasteiger partial charge in [-0.05, 0) is 52.8 Å². The fraction of sp³-hybridized carbons (Fsp3) is 0.222. The van der Waals surface area contributed by atoms with E-state index in [2.05, 4.69) is 28.7 Å². The lowest BCUT2D eigenvalue weighted by Gasteiger charge is -2.04. The molecule has 0 N–H and O–H groups in total. The van der Waals surface area contributed by atoms with Crippen molar-refractivity contribution in [2.45, 2.75) is 12.8 Å². The molecule has 0 aliphatic heterocycles. The van der Waals surface area contributed by atoms with Crippen LogP contribution in [0, 0.1) is 21.8 Å². The largest absolute Gasteiger partial charge is 0.192 e. The maximum absolute atomic E-state index is 8.66. The summed E-state index contributed by atoms with van der Waals surface area (Å²) in [5.41, 5.74) is 2.91. The first kappa shape index (κ1) is 9.82. The molecule has 1 aromatic carbocycles. The zero-order valence-electron chi connectivity index (χ0n) is 6.56. The highest BCUT2D eigenvalue weighted by Crippen LogP contribution is 2.20. The number of aryl methyl sites for hydroxylation is 1. The quantitative estimate of drug-likeness (QED) is 0.576. The summed E-state index contributed by atoms with van der Waals surface area (Å²) in [4.78, 5) is 0. The van der Waals surface area contributed by atoms with Gasteiger partial charge >= 0.3 is 0 Å². The van der Waals surface area contributed by atoms with Gasteiger partial charge in [-0.25, -0.2) is 0 Å². The highest BCUT2D eigenvalue weighted by Gasteiger charge is 2.04. The van der Waals surface area contributed by atoms with Crippen molar-refractivity contribution in [3.8, 4) is 6.07 Å². The third-order valence-electron chi connectivity index (χ3n) is 1.68. The maximum atomic E-state index is 8.66. The van der Waals surface area contributed by atoms with Gasteiger partial charge in [-0.1, -0.05) is 0 Å². The second-order valence-corrected chi connectivity index (χ2v) is 3.93. The molecule has 1 rings (SSSR count). The van der Waals surface area contributed by atoms with E-state index >= 15 is 0 Å². The molecule has 0 aliphatic carbocycles. The number of nitriles is 1. The van der Waals surface area contributed by atoms with Gasteiger partial charge in [-0.2, -0.15) is 5.26 Å². The van der Waals surface area contributed by atoms with Crippen LogP contribution in [0.2, 0.25) is 0 Å². The minimum Gasteiger partial charge on any atom is -0.192 e. The van der Waals surface area contributed by atoms with Gasteiger partial charge in [-0.3, -0.25) is 0 Å². The predicted molar refractivity (Wildman–Crippen MR) is 58.2 cm³/mol. The lowest BCUT2D eigenvalue weighted by Crippen LogP contribution is -1.91. The number of hydrogen-bond donors (Lipinski definition) is 0. The van der Waals surface area contributed by atoms with Crippen LogP contribution in [0.1, 0.15) is 16.7 Å². The summed E-state index contributed by atoms with van der Waals surface area (Å²) >= 11 is 7.94. The zero-order chi connectivity index (χ0) is 9.14. The standard InChI is InChI=1S/C9H7ClIN/c1-6-2-7(5-12)3-9(11)8(6)4-10/h2-3H,4H2,1H3. The summed E-state index contributed by atoms with van der Waals surface area (Å²) < 4.78 is 1.07. The van der Waals surface area contributed by atoms with E-state index in [0.29, 0.717) is 11.4 Å². The Balaban J connectivity index is 3.30. The molecule has 0 aromatic heterocycles. The summed E-state index contributed by atoms with van der Waals surface area (Å²) in [5, 5.41) is 8.66. The molecule has 0 saturated heterocycles. The molecule has 3 heteroatoms. The van der Waals surface area contributed by atoms with E-state index < -0.39 is 0 Å². The van der Waals surface area contributed by atoms with Gasteiger partial charge in [0.15, 0.2) is 0 Å². The van der Waals surface area contributed by atoms with Gasteiger partial charge < -0.3 is 0 Å². The molecule has 0 fully saturated rings. The summed E-state index contributed by atoms with van der Waals surface area (Å²) in [5.74, 6) is 0.510. The van der Waals surface area contributed by atoms with Crippen LogP contribution in [-0.4, -0.2) is 0 Å². The van der Waals surface area contributed by atoms with Crippen LogP contribution in [-0.2, 0) is 5.88 Å². The van der Waals surface area contributed by atoms with E-state index in [9.17, 15) is 0 Å². The van der Waals surface area contributed by atoms with E-state index in [-0.39, 0.29) is 0 Å². The Morgan fingerprint density at radius 3 is 2.67 bits per heavy atom. The number of halogens is 2. The molecule has 62 valence electrons. The topological polar surface area (TPSA) is 23.8 Å². The third-order valence-corrected chi connectivity index (χ3v) is 2.91. The van der Waals surface area contributed by atoms with Crippen LogP contribution in [0.25, 0.3) is 0 Å². The Labute approximate surface area is 90.5 Å². The molecule has 0 bridgehead atoms. The molecule has 1 aromatic rings. The van der Waals surface area contributed by atoms with Gasteiger partial charge in [0, 0.05) is 9.45 Å². The zero-order valence-corrected chi connectivity index (χ0v) is 9.48. The maximum Gasteiger partial charge on any atom is 0.0992 e. The van der Waals surface area contributed by atoms with Crippen LogP contribution in [0.5, 0.6) is 0 Å². The molecule has 0 atom stereocenters. The summed E-state index contributed by atoms with van der Waals surface area (Å²) in [6.45, 7) is 1.97. The second kappa shape index (κ2) is 4.11. The van der Waals surface area contributed by atoms with Crippen LogP contribution in [0.4, 0.5) is 0 Å². The Morgan fingerprint density at radius 2 is 2.25 bits per heavy atom. The lowest BCUT2D eigenvalue weighted by molar-refractivity contribution is 1.26. The Kier molecular flexibility index (Phi) is 3.36. The van der Waals surface area contributed by atoms with Gasteiger partial charge in [0.1, 0.15) is 0 Å². The fourth-order valence-electron chi connectivity index (χ4n) is 1.01. The summed E-state index contributed by atoms with van der Waals surface area (Å²) in [6, 6.07) is 5.83. The van der Waals surface area contributed by atoms with Crippen molar-refractivity contribution < 1.29 is 0 Å². The average Bonchev–Trinajstić information content (AvgIpc) is 2.03. The Hall–Kier alpha value is -0.270. The molecule has 0 spiro atoms. The molecule has 0 radical (unpaired) electrons. The summed E-state index contributed by atoms with van der Waals surface area (Å²) in [6.07, 6.45) is 0. The number of hydrogen-bond acceptors (Lipinski definition) is 1. The minimum absolute atomic E-state index is 0.510. The molecule has 0 heterocycles. The molecule has 0 aliphatic rings. The Morgan fingerprint density at radius 1 is 1.58 bits per heavy atom. The van der Waals surface area contributed by atoms with Crippen LogP contribution >= 0.6 is 34.2 Å².